The summed E-state index contributed by atoms with van der Waals surface area (Å²) in [4.78, 5) is 25.0. The summed E-state index contributed by atoms with van der Waals surface area (Å²) in [5.41, 5.74) is -2.07. The molecule has 0 heterocycles. The summed E-state index contributed by atoms with van der Waals surface area (Å²) in [6, 6.07) is 11.5. The molecule has 0 bridgehead atoms. The first kappa shape index (κ1) is 29.8. The highest BCUT2D eigenvalue weighted by Gasteiger charge is 2.33. The Morgan fingerprint density at radius 2 is 1.51 bits per heavy atom. The number of benzene rings is 3. The number of hydrogen-bond acceptors (Lipinski definition) is 3. The molecule has 1 N–H and O–H groups in total. The quantitative estimate of drug-likeness (QED) is 0.279. The van der Waals surface area contributed by atoms with Crippen LogP contribution in [0.4, 0.5) is 31.1 Å². The highest BCUT2D eigenvalue weighted by Crippen LogP contribution is 2.37. The first-order valence-corrected chi connectivity index (χ1v) is 11.8. The predicted octanol–water partition coefficient (Wildman–Crippen LogP) is 7.83. The van der Waals surface area contributed by atoms with E-state index in [2.05, 4.69) is 0 Å². The first-order valence-electron chi connectivity index (χ1n) is 11.5. The zero-order chi connectivity index (χ0) is 29.0. The molecule has 3 aromatic rings. The molecular weight excluding hydrogens is 552 g/mol. The minimum atomic E-state index is -4.84. The van der Waals surface area contributed by atoms with E-state index in [0.29, 0.717) is 22.7 Å². The third-order valence-corrected chi connectivity index (χ3v) is 5.95. The Morgan fingerprint density at radius 3 is 2.08 bits per heavy atom. The third-order valence-electron chi connectivity index (χ3n) is 5.70. The van der Waals surface area contributed by atoms with E-state index in [1.54, 1.807) is 31.2 Å². The lowest BCUT2D eigenvalue weighted by Crippen LogP contribution is -2.31. The lowest BCUT2D eigenvalue weighted by molar-refractivity contribution is -0.138. The van der Waals surface area contributed by atoms with Gasteiger partial charge >= 0.3 is 24.4 Å². The molecule has 0 aliphatic heterocycles. The molecule has 0 atom stereocenters. The summed E-state index contributed by atoms with van der Waals surface area (Å²) in [5, 5.41) is 9.56. The van der Waals surface area contributed by atoms with Crippen molar-refractivity contribution < 1.29 is 45.8 Å². The molecule has 0 spiro atoms. The monoisotopic (exact) mass is 573 g/mol. The number of rotatable bonds is 8. The van der Waals surface area contributed by atoms with Gasteiger partial charge in [0.1, 0.15) is 6.61 Å². The van der Waals surface area contributed by atoms with Crippen molar-refractivity contribution in [3.8, 4) is 11.1 Å². The van der Waals surface area contributed by atoms with Crippen molar-refractivity contribution in [1.82, 2.24) is 4.90 Å². The Bertz CT molecular complexity index is 1340. The number of nitrogens with zero attached hydrogens (tertiary/aromatic N) is 1. The molecule has 0 saturated carbocycles. The van der Waals surface area contributed by atoms with Gasteiger partial charge in [-0.05, 0) is 71.1 Å². The molecule has 12 heteroatoms. The largest absolute Gasteiger partial charge is 0.481 e. The molecular formula is C27H22ClF6NO4. The van der Waals surface area contributed by atoms with Crippen molar-refractivity contribution in [3.05, 3.63) is 93.5 Å². The standard InChI is InChI=1S/C27H22ClF6NO4/c1-2-35(25(38)39-15-16-3-6-22(28)7-4-16)14-19-13-20(26(29,30)31)5-8-23(19)18-9-17(11-24(36)37)10-21(12-18)27(32,33)34/h3-10,12-13H,2,11,14-15H2,1H3,(H,36,37). The van der Waals surface area contributed by atoms with Crippen LogP contribution in [0.5, 0.6) is 0 Å². The summed E-state index contributed by atoms with van der Waals surface area (Å²) in [6.07, 6.45) is -11.2. The summed E-state index contributed by atoms with van der Waals surface area (Å²) < 4.78 is 86.5. The molecule has 0 aliphatic rings. The number of alkyl halides is 6. The topological polar surface area (TPSA) is 66.8 Å². The highest BCUT2D eigenvalue weighted by molar-refractivity contribution is 6.30. The maximum Gasteiger partial charge on any atom is 0.416 e. The molecule has 3 aromatic carbocycles. The van der Waals surface area contributed by atoms with Crippen molar-refractivity contribution in [2.45, 2.75) is 38.8 Å². The zero-order valence-corrected chi connectivity index (χ0v) is 21.1. The lowest BCUT2D eigenvalue weighted by atomic mass is 9.93. The summed E-state index contributed by atoms with van der Waals surface area (Å²) in [7, 11) is 0. The van der Waals surface area contributed by atoms with Gasteiger partial charge in [-0.15, -0.1) is 0 Å². The average molecular weight is 574 g/mol. The van der Waals surface area contributed by atoms with Gasteiger partial charge in [0.2, 0.25) is 0 Å². The van der Waals surface area contributed by atoms with Crippen LogP contribution in [0, 0.1) is 0 Å². The van der Waals surface area contributed by atoms with Gasteiger partial charge in [0, 0.05) is 18.1 Å². The van der Waals surface area contributed by atoms with Gasteiger partial charge in [-0.3, -0.25) is 4.79 Å². The van der Waals surface area contributed by atoms with E-state index in [1.165, 1.54) is 6.07 Å². The maximum absolute atomic E-state index is 13.6. The molecule has 0 aliphatic carbocycles. The molecule has 0 fully saturated rings. The fourth-order valence-electron chi connectivity index (χ4n) is 3.80. The fourth-order valence-corrected chi connectivity index (χ4v) is 3.92. The van der Waals surface area contributed by atoms with Crippen LogP contribution in [0.3, 0.4) is 0 Å². The van der Waals surface area contributed by atoms with Crippen molar-refractivity contribution in [2.24, 2.45) is 0 Å². The van der Waals surface area contributed by atoms with Gasteiger partial charge < -0.3 is 14.7 Å². The number of hydrogen-bond donors (Lipinski definition) is 1. The Balaban J connectivity index is 2.02. The smallest absolute Gasteiger partial charge is 0.416 e. The van der Waals surface area contributed by atoms with E-state index in [9.17, 15) is 35.9 Å². The first-order chi connectivity index (χ1) is 18.2. The maximum atomic E-state index is 13.6. The van der Waals surface area contributed by atoms with E-state index in [-0.39, 0.29) is 35.4 Å². The molecule has 0 saturated heterocycles. The Morgan fingerprint density at radius 1 is 0.872 bits per heavy atom. The van der Waals surface area contributed by atoms with Crippen molar-refractivity contribution in [2.75, 3.05) is 6.54 Å². The molecule has 0 radical (unpaired) electrons. The number of halogens is 7. The lowest BCUT2D eigenvalue weighted by Gasteiger charge is -2.23. The predicted molar refractivity (Wildman–Crippen MR) is 131 cm³/mol. The fraction of sp³-hybridized carbons (Fsp3) is 0.259. The molecule has 5 nitrogen and oxygen atoms in total. The van der Waals surface area contributed by atoms with E-state index in [4.69, 9.17) is 21.4 Å². The number of carboxylic acids is 1. The van der Waals surface area contributed by atoms with Gasteiger partial charge in [0.25, 0.3) is 0 Å². The number of amides is 1. The van der Waals surface area contributed by atoms with Crippen LogP contribution in [-0.4, -0.2) is 28.6 Å². The van der Waals surface area contributed by atoms with Gasteiger partial charge in [-0.25, -0.2) is 4.79 Å². The van der Waals surface area contributed by atoms with Gasteiger partial charge in [0.05, 0.1) is 17.5 Å². The van der Waals surface area contributed by atoms with Crippen LogP contribution in [0.15, 0.2) is 60.7 Å². The van der Waals surface area contributed by atoms with E-state index >= 15 is 0 Å². The number of carbonyl (C=O) groups excluding carboxylic acids is 1. The number of carbonyl (C=O) groups is 2. The summed E-state index contributed by atoms with van der Waals surface area (Å²) >= 11 is 5.83. The number of ether oxygens (including phenoxy) is 1. The SMILES string of the molecule is CCN(Cc1cc(C(F)(F)F)ccc1-c1cc(CC(=O)O)cc(C(F)(F)F)c1)C(=O)OCc1ccc(Cl)cc1. The van der Waals surface area contributed by atoms with Crippen LogP contribution >= 0.6 is 11.6 Å². The zero-order valence-electron chi connectivity index (χ0n) is 20.4. The molecule has 208 valence electrons. The molecule has 39 heavy (non-hydrogen) atoms. The second-order valence-corrected chi connectivity index (χ2v) is 8.99. The van der Waals surface area contributed by atoms with E-state index in [1.807, 2.05) is 0 Å². The molecule has 0 unspecified atom stereocenters. The Labute approximate surface area is 224 Å². The summed E-state index contributed by atoms with van der Waals surface area (Å²) in [6.45, 7) is 1.02. The van der Waals surface area contributed by atoms with Crippen molar-refractivity contribution in [1.29, 1.82) is 0 Å². The van der Waals surface area contributed by atoms with Crippen molar-refractivity contribution >= 4 is 23.7 Å². The number of aliphatic carboxylic acids is 1. The van der Waals surface area contributed by atoms with Crippen molar-refractivity contribution in [3.63, 3.8) is 0 Å². The minimum Gasteiger partial charge on any atom is -0.481 e. The van der Waals surface area contributed by atoms with Crippen LogP contribution in [0.2, 0.25) is 5.02 Å². The van der Waals surface area contributed by atoms with Gasteiger partial charge in [0.15, 0.2) is 0 Å². The van der Waals surface area contributed by atoms with Crippen LogP contribution in [0.25, 0.3) is 11.1 Å². The van der Waals surface area contributed by atoms with Crippen LogP contribution in [0.1, 0.15) is 34.7 Å². The second kappa shape index (κ2) is 12.0. The summed E-state index contributed by atoms with van der Waals surface area (Å²) in [5.74, 6) is -1.38. The molecule has 0 aromatic heterocycles. The van der Waals surface area contributed by atoms with Crippen LogP contribution < -0.4 is 0 Å². The van der Waals surface area contributed by atoms with Crippen LogP contribution in [-0.2, 0) is 41.5 Å². The third kappa shape index (κ3) is 8.13. The van der Waals surface area contributed by atoms with E-state index in [0.717, 1.165) is 23.1 Å². The van der Waals surface area contributed by atoms with Gasteiger partial charge in [-0.2, -0.15) is 26.3 Å². The normalized spacial score (nSPS) is 11.8. The molecule has 3 rings (SSSR count). The molecule has 1 amide bonds. The minimum absolute atomic E-state index is 0.0159. The number of carboxylic acid groups (broad SMARTS) is 1. The van der Waals surface area contributed by atoms with E-state index < -0.39 is 48.5 Å². The van der Waals surface area contributed by atoms with Gasteiger partial charge in [-0.1, -0.05) is 35.9 Å². The highest BCUT2D eigenvalue weighted by atomic mass is 35.5. The average Bonchev–Trinajstić information content (AvgIpc) is 2.85. The Kier molecular flexibility index (Phi) is 9.16. The Hall–Kier alpha value is -3.73. The second-order valence-electron chi connectivity index (χ2n) is 8.55.